The van der Waals surface area contributed by atoms with Gasteiger partial charge >= 0.3 is 7.12 Å². The normalized spacial score (nSPS) is 11.1. The Kier molecular flexibility index (Phi) is 4.28. The van der Waals surface area contributed by atoms with Gasteiger partial charge in [-0.15, -0.1) is 0 Å². The van der Waals surface area contributed by atoms with Crippen LogP contribution in [0.4, 0.5) is 0 Å². The van der Waals surface area contributed by atoms with Crippen molar-refractivity contribution in [2.75, 3.05) is 7.11 Å². The Morgan fingerprint density at radius 2 is 1.88 bits per heavy atom. The fourth-order valence-corrected chi connectivity index (χ4v) is 1.20. The molecule has 0 heterocycles. The molecule has 0 aromatic heterocycles. The number of hydrogen-bond acceptors (Lipinski definition) is 4. The minimum atomic E-state index is -1.46. The van der Waals surface area contributed by atoms with Gasteiger partial charge in [0.05, 0.1) is 7.11 Å². The molecule has 0 bridgehead atoms. The van der Waals surface area contributed by atoms with Gasteiger partial charge in [-0.3, -0.25) is 0 Å². The van der Waals surface area contributed by atoms with Crippen molar-refractivity contribution in [2.45, 2.75) is 6.92 Å². The lowest BCUT2D eigenvalue weighted by atomic mass is 9.80. The first-order valence-electron chi connectivity index (χ1n) is 4.79. The average Bonchev–Trinajstić information content (AvgIpc) is 2.25. The van der Waals surface area contributed by atoms with E-state index >= 15 is 0 Å². The van der Waals surface area contributed by atoms with Crippen LogP contribution in [0.1, 0.15) is 12.5 Å². The van der Waals surface area contributed by atoms with Crippen LogP contribution in [0.3, 0.4) is 0 Å². The second-order valence-corrected chi connectivity index (χ2v) is 3.35. The predicted molar refractivity (Wildman–Crippen MR) is 64.6 cm³/mol. The Bertz CT molecular complexity index is 398. The average molecular weight is 219 g/mol. The molecule has 2 N–H and O–H groups in total. The third kappa shape index (κ3) is 3.22. The fourth-order valence-electron chi connectivity index (χ4n) is 1.20. The van der Waals surface area contributed by atoms with Gasteiger partial charge in [0.15, 0.2) is 0 Å². The van der Waals surface area contributed by atoms with Crippen molar-refractivity contribution in [2.24, 2.45) is 4.99 Å². The highest BCUT2D eigenvalue weighted by Crippen LogP contribution is 2.04. The van der Waals surface area contributed by atoms with Crippen LogP contribution in [0.2, 0.25) is 0 Å². The SMILES string of the molecule is C=C(C)N=C(OC)c1ccc(B(O)O)cc1. The number of methoxy groups -OCH3 is 1. The van der Waals surface area contributed by atoms with E-state index in [0.717, 1.165) is 5.56 Å². The lowest BCUT2D eigenvalue weighted by Crippen LogP contribution is -2.29. The molecule has 4 nitrogen and oxygen atoms in total. The van der Waals surface area contributed by atoms with E-state index in [2.05, 4.69) is 11.6 Å². The summed E-state index contributed by atoms with van der Waals surface area (Å²) in [5.41, 5.74) is 1.83. The van der Waals surface area contributed by atoms with Crippen LogP contribution >= 0.6 is 0 Å². The standard InChI is InChI=1S/C11H14BNO3/c1-8(2)13-11(16-3)9-4-6-10(7-5-9)12(14)15/h4-7,14-15H,1H2,2-3H3. The molecule has 0 aliphatic carbocycles. The number of allylic oxidation sites excluding steroid dienone is 1. The van der Waals surface area contributed by atoms with Crippen LogP contribution in [-0.2, 0) is 4.74 Å². The molecule has 0 radical (unpaired) electrons. The zero-order valence-corrected chi connectivity index (χ0v) is 9.34. The smallest absolute Gasteiger partial charge is 0.481 e. The second kappa shape index (κ2) is 5.49. The summed E-state index contributed by atoms with van der Waals surface area (Å²) in [6.07, 6.45) is 0. The first kappa shape index (κ1) is 12.5. The number of hydrogen-bond donors (Lipinski definition) is 2. The lowest BCUT2D eigenvalue weighted by Gasteiger charge is -2.06. The van der Waals surface area contributed by atoms with E-state index in [4.69, 9.17) is 14.8 Å². The maximum Gasteiger partial charge on any atom is 0.488 e. The summed E-state index contributed by atoms with van der Waals surface area (Å²) < 4.78 is 5.11. The van der Waals surface area contributed by atoms with Gasteiger partial charge in [0.2, 0.25) is 5.90 Å². The molecule has 16 heavy (non-hydrogen) atoms. The number of rotatable bonds is 3. The number of nitrogens with zero attached hydrogens (tertiary/aromatic N) is 1. The van der Waals surface area contributed by atoms with E-state index in [1.54, 1.807) is 31.2 Å². The lowest BCUT2D eigenvalue weighted by molar-refractivity contribution is 0.404. The molecule has 1 rings (SSSR count). The molecule has 0 aliphatic heterocycles. The van der Waals surface area contributed by atoms with E-state index in [0.29, 0.717) is 17.1 Å². The molecule has 0 amide bonds. The molecule has 0 atom stereocenters. The zero-order chi connectivity index (χ0) is 12.1. The molecule has 1 aromatic carbocycles. The minimum absolute atomic E-state index is 0.425. The van der Waals surface area contributed by atoms with Crippen molar-refractivity contribution in [1.29, 1.82) is 0 Å². The van der Waals surface area contributed by atoms with Crippen LogP contribution in [0.15, 0.2) is 41.5 Å². The van der Waals surface area contributed by atoms with Gasteiger partial charge in [-0.2, -0.15) is 0 Å². The van der Waals surface area contributed by atoms with E-state index in [9.17, 15) is 0 Å². The predicted octanol–water partition coefficient (Wildman–Crippen LogP) is 0.293. The molecule has 0 aliphatic rings. The summed E-state index contributed by atoms with van der Waals surface area (Å²) in [6, 6.07) is 6.63. The Morgan fingerprint density at radius 1 is 1.31 bits per heavy atom. The van der Waals surface area contributed by atoms with Gasteiger partial charge in [-0.05, 0) is 24.5 Å². The molecule has 0 unspecified atom stereocenters. The van der Waals surface area contributed by atoms with Crippen LogP contribution in [0, 0.1) is 0 Å². The fraction of sp³-hybridized carbons (Fsp3) is 0.182. The minimum Gasteiger partial charge on any atom is -0.481 e. The summed E-state index contributed by atoms with van der Waals surface area (Å²) >= 11 is 0. The number of ether oxygens (including phenoxy) is 1. The summed E-state index contributed by atoms with van der Waals surface area (Å²) in [7, 11) is 0.0643. The van der Waals surface area contributed by atoms with Gasteiger partial charge in [0.1, 0.15) is 0 Å². The summed E-state index contributed by atoms with van der Waals surface area (Å²) in [4.78, 5) is 4.12. The monoisotopic (exact) mass is 219 g/mol. The first-order chi connectivity index (χ1) is 7.54. The molecule has 84 valence electrons. The molecule has 1 aromatic rings. The van der Waals surface area contributed by atoms with Crippen molar-refractivity contribution in [1.82, 2.24) is 0 Å². The summed E-state index contributed by atoms with van der Waals surface area (Å²) in [5, 5.41) is 17.9. The summed E-state index contributed by atoms with van der Waals surface area (Å²) in [5.74, 6) is 0.450. The van der Waals surface area contributed by atoms with Crippen LogP contribution in [-0.4, -0.2) is 30.2 Å². The molecule has 0 saturated heterocycles. The van der Waals surface area contributed by atoms with Crippen molar-refractivity contribution in [3.8, 4) is 0 Å². The highest BCUT2D eigenvalue weighted by Gasteiger charge is 2.11. The van der Waals surface area contributed by atoms with E-state index in [1.165, 1.54) is 7.11 Å². The van der Waals surface area contributed by atoms with E-state index in [1.807, 2.05) is 0 Å². The van der Waals surface area contributed by atoms with Crippen molar-refractivity contribution in [3.05, 3.63) is 42.1 Å². The number of benzene rings is 1. The highest BCUT2D eigenvalue weighted by atomic mass is 16.5. The Morgan fingerprint density at radius 3 is 2.25 bits per heavy atom. The quantitative estimate of drug-likeness (QED) is 0.436. The molecule has 0 spiro atoms. The maximum atomic E-state index is 8.94. The maximum absolute atomic E-state index is 8.94. The third-order valence-corrected chi connectivity index (χ3v) is 1.94. The second-order valence-electron chi connectivity index (χ2n) is 3.35. The van der Waals surface area contributed by atoms with Crippen molar-refractivity contribution >= 4 is 18.5 Å². The first-order valence-corrected chi connectivity index (χ1v) is 4.79. The topological polar surface area (TPSA) is 62.0 Å². The molecule has 0 fully saturated rings. The molecular weight excluding hydrogens is 205 g/mol. The van der Waals surface area contributed by atoms with E-state index in [-0.39, 0.29) is 0 Å². The molecule has 5 heteroatoms. The third-order valence-electron chi connectivity index (χ3n) is 1.94. The van der Waals surface area contributed by atoms with E-state index < -0.39 is 7.12 Å². The van der Waals surface area contributed by atoms with Gasteiger partial charge in [0.25, 0.3) is 0 Å². The molecule has 0 saturated carbocycles. The van der Waals surface area contributed by atoms with Crippen LogP contribution < -0.4 is 5.46 Å². The Hall–Kier alpha value is -1.59. The van der Waals surface area contributed by atoms with Crippen LogP contribution in [0.25, 0.3) is 0 Å². The Labute approximate surface area is 95.1 Å². The van der Waals surface area contributed by atoms with Gasteiger partial charge in [0, 0.05) is 11.3 Å². The van der Waals surface area contributed by atoms with Crippen LogP contribution in [0.5, 0.6) is 0 Å². The van der Waals surface area contributed by atoms with Gasteiger partial charge in [-0.25, -0.2) is 4.99 Å². The molecular formula is C11H14BNO3. The highest BCUT2D eigenvalue weighted by molar-refractivity contribution is 6.58. The van der Waals surface area contributed by atoms with Gasteiger partial charge in [-0.1, -0.05) is 18.7 Å². The van der Waals surface area contributed by atoms with Crippen molar-refractivity contribution < 1.29 is 14.8 Å². The van der Waals surface area contributed by atoms with Crippen molar-refractivity contribution in [3.63, 3.8) is 0 Å². The zero-order valence-electron chi connectivity index (χ0n) is 9.34. The number of aliphatic imine (C=N–C) groups is 1. The largest absolute Gasteiger partial charge is 0.488 e. The van der Waals surface area contributed by atoms with Gasteiger partial charge < -0.3 is 14.8 Å². The Balaban J connectivity index is 3.00. The summed E-state index contributed by atoms with van der Waals surface area (Å²) in [6.45, 7) is 5.44.